The molecular formula is C38H40N4O2S. The molecule has 0 saturated carbocycles. The number of hydrazine groups is 1. The van der Waals surface area contributed by atoms with Crippen molar-refractivity contribution in [3.05, 3.63) is 142 Å². The lowest BCUT2D eigenvalue weighted by atomic mass is 9.87. The van der Waals surface area contributed by atoms with E-state index in [2.05, 4.69) is 80.2 Å². The van der Waals surface area contributed by atoms with Gasteiger partial charge in [0.25, 0.3) is 5.91 Å². The molecule has 0 aliphatic carbocycles. The summed E-state index contributed by atoms with van der Waals surface area (Å²) in [5.41, 5.74) is 17.3. The number of allylic oxidation sites excluding steroid dienone is 1. The van der Waals surface area contributed by atoms with Crippen LogP contribution in [0.25, 0.3) is 6.08 Å². The second-order valence-corrected chi connectivity index (χ2v) is 12.5. The zero-order valence-corrected chi connectivity index (χ0v) is 26.9. The number of ether oxygens (including phenoxy) is 1. The van der Waals surface area contributed by atoms with Gasteiger partial charge >= 0.3 is 0 Å². The summed E-state index contributed by atoms with van der Waals surface area (Å²) < 4.78 is 6.28. The number of nitrogens with one attached hydrogen (secondary N) is 2. The summed E-state index contributed by atoms with van der Waals surface area (Å²) in [4.78, 5) is 12.3. The van der Waals surface area contributed by atoms with Gasteiger partial charge in [-0.15, -0.1) is 0 Å². The summed E-state index contributed by atoms with van der Waals surface area (Å²) in [6.07, 6.45) is 6.96. The van der Waals surface area contributed by atoms with Crippen LogP contribution in [0.1, 0.15) is 70.9 Å². The first-order chi connectivity index (χ1) is 21.6. The molecule has 0 heterocycles. The number of aryl methyl sites for hydroxylation is 1. The predicted octanol–water partition coefficient (Wildman–Crippen LogP) is 7.42. The Morgan fingerprint density at radius 3 is 2.20 bits per heavy atom. The first-order valence-electron chi connectivity index (χ1n) is 15.0. The van der Waals surface area contributed by atoms with Crippen molar-refractivity contribution in [3.63, 3.8) is 0 Å². The molecule has 45 heavy (non-hydrogen) atoms. The highest BCUT2D eigenvalue weighted by Crippen LogP contribution is 2.26. The molecular weight excluding hydrogens is 577 g/mol. The van der Waals surface area contributed by atoms with Gasteiger partial charge < -0.3 is 10.5 Å². The lowest BCUT2D eigenvalue weighted by Crippen LogP contribution is -2.44. The molecule has 0 radical (unpaired) electrons. The van der Waals surface area contributed by atoms with Crippen LogP contribution in [-0.2, 0) is 24.9 Å². The minimum Gasteiger partial charge on any atom is -0.488 e. The van der Waals surface area contributed by atoms with Crippen LogP contribution < -0.4 is 21.3 Å². The van der Waals surface area contributed by atoms with Gasteiger partial charge in [0.2, 0.25) is 0 Å². The summed E-state index contributed by atoms with van der Waals surface area (Å²) in [7, 11) is 0. The van der Waals surface area contributed by atoms with E-state index in [0.29, 0.717) is 17.7 Å². The van der Waals surface area contributed by atoms with Gasteiger partial charge in [-0.3, -0.25) is 15.6 Å². The molecule has 0 bridgehead atoms. The van der Waals surface area contributed by atoms with Gasteiger partial charge in [-0.05, 0) is 95.4 Å². The highest BCUT2D eigenvalue weighted by Gasteiger charge is 2.13. The highest BCUT2D eigenvalue weighted by atomic mass is 32.1. The Morgan fingerprint density at radius 1 is 0.911 bits per heavy atom. The third kappa shape index (κ3) is 10.3. The second kappa shape index (κ2) is 15.7. The maximum Gasteiger partial charge on any atom is 0.269 e. The van der Waals surface area contributed by atoms with Crippen LogP contribution in [-0.4, -0.2) is 11.0 Å². The highest BCUT2D eigenvalue weighted by molar-refractivity contribution is 7.80. The number of para-hydroxylation sites is 1. The summed E-state index contributed by atoms with van der Waals surface area (Å²) in [6, 6.07) is 34.2. The number of nitriles is 1. The van der Waals surface area contributed by atoms with Gasteiger partial charge in [-0.2, -0.15) is 5.26 Å². The van der Waals surface area contributed by atoms with E-state index in [4.69, 9.17) is 22.7 Å². The molecule has 4 aromatic carbocycles. The van der Waals surface area contributed by atoms with Gasteiger partial charge in [0.05, 0.1) is 11.6 Å². The minimum absolute atomic E-state index is 0.00131. The van der Waals surface area contributed by atoms with Crippen LogP contribution in [0.5, 0.6) is 5.75 Å². The maximum atomic E-state index is 12.3. The van der Waals surface area contributed by atoms with Crippen molar-refractivity contribution in [2.45, 2.75) is 52.1 Å². The molecule has 4 N–H and O–H groups in total. The lowest BCUT2D eigenvalue weighted by Gasteiger charge is -2.19. The first kappa shape index (κ1) is 33.0. The molecule has 1 atom stereocenters. The van der Waals surface area contributed by atoms with Crippen molar-refractivity contribution >= 4 is 29.3 Å². The quantitative estimate of drug-likeness (QED) is 0.120. The molecule has 0 saturated heterocycles. The van der Waals surface area contributed by atoms with Crippen LogP contribution in [0.2, 0.25) is 0 Å². The van der Waals surface area contributed by atoms with Crippen LogP contribution in [0.3, 0.4) is 0 Å². The van der Waals surface area contributed by atoms with Gasteiger partial charge in [-0.1, -0.05) is 99.7 Å². The van der Waals surface area contributed by atoms with Gasteiger partial charge in [0.1, 0.15) is 12.4 Å². The van der Waals surface area contributed by atoms with Gasteiger partial charge in [0.15, 0.2) is 5.11 Å². The molecule has 0 aliphatic heterocycles. The molecule has 7 heteroatoms. The Morgan fingerprint density at radius 2 is 1.56 bits per heavy atom. The van der Waals surface area contributed by atoms with Crippen molar-refractivity contribution < 1.29 is 9.53 Å². The largest absolute Gasteiger partial charge is 0.488 e. The Balaban J connectivity index is 1.46. The van der Waals surface area contributed by atoms with E-state index in [0.717, 1.165) is 41.7 Å². The zero-order chi connectivity index (χ0) is 32.2. The van der Waals surface area contributed by atoms with E-state index in [1.54, 1.807) is 12.1 Å². The lowest BCUT2D eigenvalue weighted by molar-refractivity contribution is 0.0944. The van der Waals surface area contributed by atoms with E-state index in [9.17, 15) is 10.1 Å². The topological polar surface area (TPSA) is 100 Å². The zero-order valence-electron chi connectivity index (χ0n) is 26.0. The van der Waals surface area contributed by atoms with Gasteiger partial charge in [-0.25, -0.2) is 0 Å². The first-order valence-corrected chi connectivity index (χ1v) is 15.4. The molecule has 230 valence electrons. The van der Waals surface area contributed by atoms with Crippen molar-refractivity contribution in [3.8, 4) is 11.8 Å². The summed E-state index contributed by atoms with van der Waals surface area (Å²) in [6.45, 7) is 7.14. The van der Waals surface area contributed by atoms with E-state index in [-0.39, 0.29) is 22.4 Å². The molecule has 0 aromatic heterocycles. The average Bonchev–Trinajstić information content (AvgIpc) is 3.04. The Bertz CT molecular complexity index is 1650. The van der Waals surface area contributed by atoms with Crippen molar-refractivity contribution in [1.29, 1.82) is 5.26 Å². The van der Waals surface area contributed by atoms with Gasteiger partial charge in [0, 0.05) is 11.1 Å². The van der Waals surface area contributed by atoms with E-state index < -0.39 is 0 Å². The number of hydrogen-bond donors (Lipinski definition) is 3. The SMILES string of the molecule is CC(C)(C)c1ccc(COc2ccccc2/C=C/C(CCc2ccc(C(=O)NNC(N)=S)cc2)Cc2ccc(C#N)cc2)cc1. The van der Waals surface area contributed by atoms with E-state index >= 15 is 0 Å². The Hall–Kier alpha value is -4.93. The van der Waals surface area contributed by atoms with E-state index in [1.807, 2.05) is 54.6 Å². The summed E-state index contributed by atoms with van der Waals surface area (Å²) >= 11 is 4.73. The third-order valence-electron chi connectivity index (χ3n) is 7.58. The number of nitrogens with zero attached hydrogens (tertiary/aromatic N) is 1. The molecule has 0 fully saturated rings. The maximum absolute atomic E-state index is 12.3. The molecule has 1 amide bonds. The van der Waals surface area contributed by atoms with Crippen LogP contribution in [0, 0.1) is 17.2 Å². The molecule has 4 aromatic rings. The number of hydrogen-bond acceptors (Lipinski definition) is 4. The Labute approximate surface area is 271 Å². The standard InChI is InChI=1S/C38H40N4O2S/c1-38(2,3)34-22-17-31(18-23-34)26-44-35-7-5-4-6-32(35)19-16-29(24-28-10-12-30(25-39)13-11-28)9-8-27-14-20-33(21-15-27)36(43)41-42-37(40)45/h4-7,10-23,29H,8-9,24,26H2,1-3H3,(H,41,43)(H3,40,42,45)/b19-16+. The van der Waals surface area contributed by atoms with Crippen molar-refractivity contribution in [2.24, 2.45) is 11.7 Å². The number of carbonyl (C=O) groups excluding carboxylic acids is 1. The fraction of sp³-hybridized carbons (Fsp3) is 0.237. The van der Waals surface area contributed by atoms with Crippen LogP contribution in [0.15, 0.2) is 103 Å². The minimum atomic E-state index is -0.307. The van der Waals surface area contributed by atoms with Crippen molar-refractivity contribution in [1.82, 2.24) is 10.9 Å². The normalized spacial score (nSPS) is 11.9. The molecule has 0 spiro atoms. The van der Waals surface area contributed by atoms with Crippen LogP contribution >= 0.6 is 12.2 Å². The number of thiocarbonyl (C=S) groups is 1. The smallest absolute Gasteiger partial charge is 0.269 e. The molecule has 1 unspecified atom stereocenters. The molecule has 4 rings (SSSR count). The third-order valence-corrected chi connectivity index (χ3v) is 7.68. The molecule has 6 nitrogen and oxygen atoms in total. The second-order valence-electron chi connectivity index (χ2n) is 12.1. The number of rotatable bonds is 11. The number of nitrogens with two attached hydrogens (primary N) is 1. The monoisotopic (exact) mass is 616 g/mol. The van der Waals surface area contributed by atoms with Crippen molar-refractivity contribution in [2.75, 3.05) is 0 Å². The van der Waals surface area contributed by atoms with E-state index in [1.165, 1.54) is 11.1 Å². The number of amides is 1. The predicted molar refractivity (Wildman–Crippen MR) is 185 cm³/mol. The Kier molecular flexibility index (Phi) is 11.5. The number of carbonyl (C=O) groups is 1. The fourth-order valence-electron chi connectivity index (χ4n) is 4.90. The summed E-state index contributed by atoms with van der Waals surface area (Å²) in [5, 5.41) is 9.21. The fourth-order valence-corrected chi connectivity index (χ4v) is 4.95. The molecule has 0 aliphatic rings. The summed E-state index contributed by atoms with van der Waals surface area (Å²) in [5.74, 6) is 0.761. The van der Waals surface area contributed by atoms with Crippen LogP contribution in [0.4, 0.5) is 0 Å². The average molecular weight is 617 g/mol. The number of benzene rings is 4.